The number of carbonyl (C=O) groups is 2. The maximum atomic E-state index is 14.0. The Morgan fingerprint density at radius 2 is 1.66 bits per heavy atom. The van der Waals surface area contributed by atoms with Crippen LogP contribution in [0.15, 0.2) is 88.9 Å². The first kappa shape index (κ1) is 19.1. The van der Waals surface area contributed by atoms with Crippen molar-refractivity contribution < 1.29 is 19.1 Å². The van der Waals surface area contributed by atoms with Crippen LogP contribution in [0, 0.1) is 5.82 Å². The molecule has 1 heterocycles. The van der Waals surface area contributed by atoms with E-state index in [9.17, 15) is 19.1 Å². The number of anilines is 1. The van der Waals surface area contributed by atoms with Gasteiger partial charge in [0.2, 0.25) is 0 Å². The third-order valence-corrected chi connectivity index (χ3v) is 5.24. The van der Waals surface area contributed by atoms with Crippen LogP contribution in [0.25, 0.3) is 5.76 Å². The number of ketones is 1. The molecule has 1 fully saturated rings. The Bertz CT molecular complexity index is 1140. The van der Waals surface area contributed by atoms with Crippen LogP contribution >= 0.6 is 15.9 Å². The lowest BCUT2D eigenvalue weighted by atomic mass is 9.95. The molecular weight excluding hydrogens is 437 g/mol. The van der Waals surface area contributed by atoms with Gasteiger partial charge in [-0.1, -0.05) is 64.5 Å². The van der Waals surface area contributed by atoms with E-state index in [2.05, 4.69) is 15.9 Å². The van der Waals surface area contributed by atoms with Gasteiger partial charge in [0, 0.05) is 15.7 Å². The predicted octanol–water partition coefficient (Wildman–Crippen LogP) is 5.21. The number of rotatable bonds is 3. The van der Waals surface area contributed by atoms with Crippen molar-refractivity contribution in [2.24, 2.45) is 0 Å². The summed E-state index contributed by atoms with van der Waals surface area (Å²) in [5.41, 5.74) is 1.18. The van der Waals surface area contributed by atoms with Gasteiger partial charge in [0.15, 0.2) is 0 Å². The molecule has 29 heavy (non-hydrogen) atoms. The number of hydrogen-bond donors (Lipinski definition) is 1. The minimum absolute atomic E-state index is 0.0771. The number of aliphatic hydroxyl groups excluding tert-OH is 1. The summed E-state index contributed by atoms with van der Waals surface area (Å²) in [6, 6.07) is 20.1. The van der Waals surface area contributed by atoms with Gasteiger partial charge >= 0.3 is 0 Å². The Morgan fingerprint density at radius 1 is 0.931 bits per heavy atom. The van der Waals surface area contributed by atoms with Crippen molar-refractivity contribution in [2.45, 2.75) is 6.04 Å². The van der Waals surface area contributed by atoms with E-state index in [0.29, 0.717) is 16.8 Å². The second-order valence-corrected chi connectivity index (χ2v) is 7.49. The van der Waals surface area contributed by atoms with Gasteiger partial charge in [-0.25, -0.2) is 4.39 Å². The maximum Gasteiger partial charge on any atom is 0.300 e. The van der Waals surface area contributed by atoms with Crippen molar-refractivity contribution in [1.29, 1.82) is 0 Å². The summed E-state index contributed by atoms with van der Waals surface area (Å²) >= 11 is 3.37. The minimum atomic E-state index is -0.958. The molecule has 0 aliphatic carbocycles. The van der Waals surface area contributed by atoms with E-state index in [1.807, 2.05) is 0 Å². The lowest BCUT2D eigenvalue weighted by Gasteiger charge is -2.25. The highest BCUT2D eigenvalue weighted by atomic mass is 79.9. The summed E-state index contributed by atoms with van der Waals surface area (Å²) in [6.07, 6.45) is 0. The largest absolute Gasteiger partial charge is 0.507 e. The molecule has 0 bridgehead atoms. The molecule has 144 valence electrons. The fraction of sp³-hybridized carbons (Fsp3) is 0.0435. The first-order chi connectivity index (χ1) is 14.0. The summed E-state index contributed by atoms with van der Waals surface area (Å²) in [7, 11) is 0. The van der Waals surface area contributed by atoms with Crippen molar-refractivity contribution >= 4 is 39.1 Å². The van der Waals surface area contributed by atoms with Crippen LogP contribution in [0.1, 0.15) is 17.2 Å². The molecule has 4 nitrogen and oxygen atoms in total. The number of Topliss-reactive ketones (excluding diaryl/α,β-unsaturated/α-hetero) is 1. The van der Waals surface area contributed by atoms with Crippen LogP contribution in [0.4, 0.5) is 10.1 Å². The number of amides is 1. The number of halogens is 2. The smallest absolute Gasteiger partial charge is 0.300 e. The lowest BCUT2D eigenvalue weighted by Crippen LogP contribution is -2.29. The van der Waals surface area contributed by atoms with E-state index in [1.54, 1.807) is 60.7 Å². The third-order valence-electron chi connectivity index (χ3n) is 4.74. The molecule has 1 aliphatic rings. The Balaban J connectivity index is 1.97. The topological polar surface area (TPSA) is 57.6 Å². The van der Waals surface area contributed by atoms with Gasteiger partial charge < -0.3 is 5.11 Å². The fourth-order valence-electron chi connectivity index (χ4n) is 3.47. The van der Waals surface area contributed by atoms with E-state index < -0.39 is 23.5 Å². The highest BCUT2D eigenvalue weighted by molar-refractivity contribution is 9.10. The first-order valence-corrected chi connectivity index (χ1v) is 9.64. The normalized spacial score (nSPS) is 18.3. The van der Waals surface area contributed by atoms with E-state index in [1.165, 1.54) is 23.1 Å². The van der Waals surface area contributed by atoms with E-state index in [4.69, 9.17) is 0 Å². The van der Waals surface area contributed by atoms with Gasteiger partial charge in [-0.3, -0.25) is 14.5 Å². The Labute approximate surface area is 175 Å². The zero-order valence-corrected chi connectivity index (χ0v) is 16.6. The Kier molecular flexibility index (Phi) is 5.03. The van der Waals surface area contributed by atoms with Gasteiger partial charge in [-0.15, -0.1) is 0 Å². The van der Waals surface area contributed by atoms with Crippen molar-refractivity contribution in [3.63, 3.8) is 0 Å². The van der Waals surface area contributed by atoms with Crippen LogP contribution < -0.4 is 4.90 Å². The minimum Gasteiger partial charge on any atom is -0.507 e. The monoisotopic (exact) mass is 451 g/mol. The summed E-state index contributed by atoms with van der Waals surface area (Å²) < 4.78 is 14.7. The number of hydrogen-bond acceptors (Lipinski definition) is 3. The molecule has 6 heteroatoms. The molecule has 3 aromatic rings. The zero-order valence-electron chi connectivity index (χ0n) is 15.0. The summed E-state index contributed by atoms with van der Waals surface area (Å²) in [5.74, 6) is -2.40. The van der Waals surface area contributed by atoms with Gasteiger partial charge in [0.25, 0.3) is 11.7 Å². The summed E-state index contributed by atoms with van der Waals surface area (Å²) in [4.78, 5) is 27.2. The van der Waals surface area contributed by atoms with Crippen LogP contribution in [-0.2, 0) is 9.59 Å². The van der Waals surface area contributed by atoms with Crippen LogP contribution in [0.3, 0.4) is 0 Å². The summed E-state index contributed by atoms with van der Waals surface area (Å²) in [6.45, 7) is 0. The second kappa shape index (κ2) is 7.64. The van der Waals surface area contributed by atoms with E-state index in [-0.39, 0.29) is 11.3 Å². The number of carbonyl (C=O) groups excluding carboxylic acids is 2. The van der Waals surface area contributed by atoms with Crippen LogP contribution in [-0.4, -0.2) is 16.8 Å². The van der Waals surface area contributed by atoms with Crippen molar-refractivity contribution in [2.75, 3.05) is 4.90 Å². The maximum absolute atomic E-state index is 14.0. The molecule has 3 aromatic carbocycles. The summed E-state index contributed by atoms with van der Waals surface area (Å²) in [5, 5.41) is 10.9. The molecule has 4 rings (SSSR count). The molecule has 0 unspecified atom stereocenters. The highest BCUT2D eigenvalue weighted by Crippen LogP contribution is 2.42. The standard InChI is InChI=1S/C23H15BrFNO3/c24-16-9-5-11-18(13-16)26-20(15-8-4-10-17(25)12-15)19(22(28)23(26)29)21(27)14-6-2-1-3-7-14/h1-13,20,27H/t20-/m1/s1. The molecule has 0 radical (unpaired) electrons. The van der Waals surface area contributed by atoms with Gasteiger partial charge in [0.05, 0.1) is 11.6 Å². The molecule has 1 amide bonds. The van der Waals surface area contributed by atoms with E-state index >= 15 is 0 Å². The number of nitrogens with zero attached hydrogens (tertiary/aromatic N) is 1. The van der Waals surface area contributed by atoms with Crippen molar-refractivity contribution in [3.8, 4) is 0 Å². The molecular formula is C23H15BrFNO3. The van der Waals surface area contributed by atoms with Crippen molar-refractivity contribution in [3.05, 3.63) is 106 Å². The Hall–Kier alpha value is -3.25. The quantitative estimate of drug-likeness (QED) is 0.337. The molecule has 0 spiro atoms. The fourth-order valence-corrected chi connectivity index (χ4v) is 3.86. The van der Waals surface area contributed by atoms with Gasteiger partial charge in [-0.05, 0) is 35.9 Å². The molecule has 1 atom stereocenters. The molecule has 1 saturated heterocycles. The van der Waals surface area contributed by atoms with Crippen molar-refractivity contribution in [1.82, 2.24) is 0 Å². The van der Waals surface area contributed by atoms with Crippen LogP contribution in [0.5, 0.6) is 0 Å². The number of benzene rings is 3. The lowest BCUT2D eigenvalue weighted by molar-refractivity contribution is -0.132. The molecule has 1 aliphatic heterocycles. The molecule has 0 saturated carbocycles. The molecule has 1 N–H and O–H groups in total. The molecule has 0 aromatic heterocycles. The van der Waals surface area contributed by atoms with Gasteiger partial charge in [0.1, 0.15) is 11.6 Å². The van der Waals surface area contributed by atoms with E-state index in [0.717, 1.165) is 4.47 Å². The first-order valence-electron chi connectivity index (χ1n) is 8.85. The van der Waals surface area contributed by atoms with Gasteiger partial charge in [-0.2, -0.15) is 0 Å². The number of aliphatic hydroxyl groups is 1. The average molecular weight is 452 g/mol. The highest BCUT2D eigenvalue weighted by Gasteiger charge is 2.47. The zero-order chi connectivity index (χ0) is 20.5. The Morgan fingerprint density at radius 3 is 2.34 bits per heavy atom. The average Bonchev–Trinajstić information content (AvgIpc) is 2.99. The second-order valence-electron chi connectivity index (χ2n) is 6.57. The SMILES string of the molecule is O=C1C(=O)N(c2cccc(Br)c2)[C@H](c2cccc(F)c2)C1=C(O)c1ccccc1. The third kappa shape index (κ3) is 3.47. The predicted molar refractivity (Wildman–Crippen MR) is 112 cm³/mol. The van der Waals surface area contributed by atoms with Crippen LogP contribution in [0.2, 0.25) is 0 Å².